The Labute approximate surface area is 134 Å². The van der Waals surface area contributed by atoms with Crippen LogP contribution in [0.4, 0.5) is 4.79 Å². The van der Waals surface area contributed by atoms with E-state index in [0.717, 1.165) is 52.0 Å². The average molecular weight is 312 g/mol. The molecule has 2 amide bonds. The molecule has 2 saturated heterocycles. The molecular formula is C17H32N2O3. The highest BCUT2D eigenvalue weighted by Gasteiger charge is 2.35. The highest BCUT2D eigenvalue weighted by atomic mass is 16.5. The van der Waals surface area contributed by atoms with Crippen molar-refractivity contribution >= 4 is 6.03 Å². The van der Waals surface area contributed by atoms with Gasteiger partial charge in [-0.25, -0.2) is 4.79 Å². The van der Waals surface area contributed by atoms with E-state index in [0.29, 0.717) is 12.0 Å². The summed E-state index contributed by atoms with van der Waals surface area (Å²) in [6, 6.07) is 0.195. The van der Waals surface area contributed by atoms with Crippen LogP contribution in [0.5, 0.6) is 0 Å². The van der Waals surface area contributed by atoms with E-state index in [9.17, 15) is 4.79 Å². The molecule has 5 heteroatoms. The third-order valence-corrected chi connectivity index (χ3v) is 4.45. The second-order valence-electron chi connectivity index (χ2n) is 7.13. The third kappa shape index (κ3) is 5.13. The molecule has 22 heavy (non-hydrogen) atoms. The SMILES string of the molecule is CC(C)OCCC1CCN(C(=O)N2CC(OC(C)C)C2)CC1. The largest absolute Gasteiger partial charge is 0.379 e. The van der Waals surface area contributed by atoms with Gasteiger partial charge in [0.1, 0.15) is 0 Å². The summed E-state index contributed by atoms with van der Waals surface area (Å²) in [4.78, 5) is 16.3. The lowest BCUT2D eigenvalue weighted by Crippen LogP contribution is -2.59. The van der Waals surface area contributed by atoms with E-state index in [1.54, 1.807) is 0 Å². The first kappa shape index (κ1) is 17.5. The van der Waals surface area contributed by atoms with Crippen LogP contribution in [0.25, 0.3) is 0 Å². The van der Waals surface area contributed by atoms with E-state index in [4.69, 9.17) is 9.47 Å². The van der Waals surface area contributed by atoms with Gasteiger partial charge in [0, 0.05) is 19.7 Å². The van der Waals surface area contributed by atoms with E-state index in [-0.39, 0.29) is 18.2 Å². The molecule has 2 aliphatic heterocycles. The zero-order valence-corrected chi connectivity index (χ0v) is 14.6. The minimum atomic E-state index is 0.195. The second kappa shape index (κ2) is 8.16. The van der Waals surface area contributed by atoms with Crippen LogP contribution in [0.2, 0.25) is 0 Å². The van der Waals surface area contributed by atoms with E-state index < -0.39 is 0 Å². The van der Waals surface area contributed by atoms with E-state index in [2.05, 4.69) is 13.8 Å². The molecule has 2 aliphatic rings. The average Bonchev–Trinajstić information content (AvgIpc) is 2.42. The van der Waals surface area contributed by atoms with Crippen LogP contribution in [0.3, 0.4) is 0 Å². The van der Waals surface area contributed by atoms with Gasteiger partial charge in [0.15, 0.2) is 0 Å². The van der Waals surface area contributed by atoms with Crippen molar-refractivity contribution in [2.75, 3.05) is 32.8 Å². The lowest BCUT2D eigenvalue weighted by atomic mass is 9.94. The van der Waals surface area contributed by atoms with Gasteiger partial charge in [-0.2, -0.15) is 0 Å². The molecule has 0 radical (unpaired) electrons. The van der Waals surface area contributed by atoms with Crippen LogP contribution in [0, 0.1) is 5.92 Å². The number of likely N-dealkylation sites (tertiary alicyclic amines) is 2. The maximum atomic E-state index is 12.4. The standard InChI is InChI=1S/C17H32N2O3/c1-13(2)21-10-7-15-5-8-18(9-6-15)17(20)19-11-16(12-19)22-14(3)4/h13-16H,5-12H2,1-4H3. The van der Waals surface area contributed by atoms with Crippen molar-refractivity contribution in [1.82, 2.24) is 9.80 Å². The number of urea groups is 1. The molecule has 0 saturated carbocycles. The molecule has 0 spiro atoms. The fourth-order valence-corrected chi connectivity index (χ4v) is 3.15. The van der Waals surface area contributed by atoms with Gasteiger partial charge in [-0.3, -0.25) is 0 Å². The summed E-state index contributed by atoms with van der Waals surface area (Å²) in [5.41, 5.74) is 0. The van der Waals surface area contributed by atoms with Gasteiger partial charge in [0.25, 0.3) is 0 Å². The topological polar surface area (TPSA) is 42.0 Å². The molecule has 0 unspecified atom stereocenters. The third-order valence-electron chi connectivity index (χ3n) is 4.45. The van der Waals surface area contributed by atoms with Crippen molar-refractivity contribution in [3.8, 4) is 0 Å². The molecular weight excluding hydrogens is 280 g/mol. The van der Waals surface area contributed by atoms with Gasteiger partial charge in [0.05, 0.1) is 31.4 Å². The quantitative estimate of drug-likeness (QED) is 0.757. The zero-order valence-electron chi connectivity index (χ0n) is 14.6. The molecule has 0 N–H and O–H groups in total. The maximum absolute atomic E-state index is 12.4. The number of nitrogens with zero attached hydrogens (tertiary/aromatic N) is 2. The molecule has 5 nitrogen and oxygen atoms in total. The first-order valence-corrected chi connectivity index (χ1v) is 8.76. The Kier molecular flexibility index (Phi) is 6.50. The number of hydrogen-bond acceptors (Lipinski definition) is 3. The minimum Gasteiger partial charge on any atom is -0.379 e. The molecule has 0 bridgehead atoms. The zero-order chi connectivity index (χ0) is 16.1. The Morgan fingerprint density at radius 3 is 2.23 bits per heavy atom. The number of carbonyl (C=O) groups is 1. The molecule has 0 aromatic heterocycles. The van der Waals surface area contributed by atoms with E-state index >= 15 is 0 Å². The molecule has 0 aromatic carbocycles. The summed E-state index contributed by atoms with van der Waals surface area (Å²) in [6.45, 7) is 12.3. The summed E-state index contributed by atoms with van der Waals surface area (Å²) >= 11 is 0. The number of rotatable bonds is 6. The van der Waals surface area contributed by atoms with Crippen molar-refractivity contribution in [2.45, 2.75) is 65.3 Å². The van der Waals surface area contributed by atoms with E-state index in [1.807, 2.05) is 23.6 Å². The lowest BCUT2D eigenvalue weighted by Gasteiger charge is -2.43. The molecule has 0 aromatic rings. The predicted molar refractivity (Wildman–Crippen MR) is 87.0 cm³/mol. The Morgan fingerprint density at radius 2 is 1.68 bits per heavy atom. The van der Waals surface area contributed by atoms with Gasteiger partial charge in [-0.15, -0.1) is 0 Å². The minimum absolute atomic E-state index is 0.195. The Hall–Kier alpha value is -0.810. The van der Waals surface area contributed by atoms with Crippen LogP contribution in [-0.4, -0.2) is 66.9 Å². The van der Waals surface area contributed by atoms with Crippen molar-refractivity contribution in [2.24, 2.45) is 5.92 Å². The van der Waals surface area contributed by atoms with Crippen LogP contribution < -0.4 is 0 Å². The van der Waals surface area contributed by atoms with Crippen molar-refractivity contribution in [3.63, 3.8) is 0 Å². The van der Waals surface area contributed by atoms with Gasteiger partial charge in [-0.1, -0.05) is 0 Å². The van der Waals surface area contributed by atoms with Crippen LogP contribution in [0.1, 0.15) is 47.0 Å². The van der Waals surface area contributed by atoms with Crippen molar-refractivity contribution in [1.29, 1.82) is 0 Å². The van der Waals surface area contributed by atoms with E-state index in [1.165, 1.54) is 0 Å². The smallest absolute Gasteiger partial charge is 0.320 e. The Bertz CT molecular complexity index is 346. The molecule has 0 atom stereocenters. The van der Waals surface area contributed by atoms with Crippen LogP contribution in [0.15, 0.2) is 0 Å². The molecule has 2 fully saturated rings. The highest BCUT2D eigenvalue weighted by Crippen LogP contribution is 2.23. The molecule has 2 heterocycles. The Balaban J connectivity index is 1.62. The number of piperidine rings is 1. The fraction of sp³-hybridized carbons (Fsp3) is 0.941. The number of carbonyl (C=O) groups excluding carboxylic acids is 1. The van der Waals surface area contributed by atoms with Gasteiger partial charge >= 0.3 is 6.03 Å². The van der Waals surface area contributed by atoms with Crippen molar-refractivity contribution in [3.05, 3.63) is 0 Å². The summed E-state index contributed by atoms with van der Waals surface area (Å²) in [5, 5.41) is 0. The number of amides is 2. The van der Waals surface area contributed by atoms with Crippen LogP contribution in [-0.2, 0) is 9.47 Å². The van der Waals surface area contributed by atoms with Gasteiger partial charge in [0.2, 0.25) is 0 Å². The summed E-state index contributed by atoms with van der Waals surface area (Å²) in [7, 11) is 0. The summed E-state index contributed by atoms with van der Waals surface area (Å²) in [6.07, 6.45) is 4.11. The summed E-state index contributed by atoms with van der Waals surface area (Å²) < 4.78 is 11.3. The van der Waals surface area contributed by atoms with Gasteiger partial charge < -0.3 is 19.3 Å². The predicted octanol–water partition coefficient (Wildman–Crippen LogP) is 2.74. The molecule has 128 valence electrons. The number of hydrogen-bond donors (Lipinski definition) is 0. The lowest BCUT2D eigenvalue weighted by molar-refractivity contribution is -0.0691. The molecule has 0 aliphatic carbocycles. The number of ether oxygens (including phenoxy) is 2. The van der Waals surface area contributed by atoms with Gasteiger partial charge in [-0.05, 0) is 52.9 Å². The Morgan fingerprint density at radius 1 is 1.05 bits per heavy atom. The highest BCUT2D eigenvalue weighted by molar-refractivity contribution is 5.75. The maximum Gasteiger partial charge on any atom is 0.320 e. The summed E-state index contributed by atoms with van der Waals surface area (Å²) in [5.74, 6) is 0.705. The normalized spacial score (nSPS) is 20.8. The van der Waals surface area contributed by atoms with Crippen LogP contribution >= 0.6 is 0 Å². The first-order chi connectivity index (χ1) is 10.5. The first-order valence-electron chi connectivity index (χ1n) is 8.76. The second-order valence-corrected chi connectivity index (χ2v) is 7.13. The molecule has 2 rings (SSSR count). The monoisotopic (exact) mass is 312 g/mol. The fourth-order valence-electron chi connectivity index (χ4n) is 3.15. The van der Waals surface area contributed by atoms with Crippen molar-refractivity contribution < 1.29 is 14.3 Å².